The number of carbonyl (C=O) groups is 2. The van der Waals surface area contributed by atoms with Crippen molar-refractivity contribution in [2.24, 2.45) is 0 Å². The summed E-state index contributed by atoms with van der Waals surface area (Å²) in [5.41, 5.74) is 7.37. The molecule has 7 rings (SSSR count). The molecule has 9 nitrogen and oxygen atoms in total. The number of nitrogens with zero attached hydrogens (tertiary/aromatic N) is 4. The van der Waals surface area contributed by atoms with Crippen LogP contribution >= 0.6 is 0 Å². The molecule has 2 aromatic carbocycles. The zero-order chi connectivity index (χ0) is 32.1. The molecule has 4 heterocycles. The van der Waals surface area contributed by atoms with Gasteiger partial charge in [-0.3, -0.25) is 14.3 Å². The van der Waals surface area contributed by atoms with Gasteiger partial charge in [-0.25, -0.2) is 13.8 Å². The number of amides is 2. The Morgan fingerprint density at radius 2 is 1.91 bits per heavy atom. The molecular formula is C35H33F2N5O4. The Balaban J connectivity index is 1.47. The molecule has 1 N–H and O–H groups in total. The van der Waals surface area contributed by atoms with Crippen LogP contribution in [0, 0.1) is 11.6 Å². The van der Waals surface area contributed by atoms with Crippen LogP contribution < -0.4 is 10.1 Å². The van der Waals surface area contributed by atoms with Crippen molar-refractivity contribution >= 4 is 11.8 Å². The molecule has 2 aromatic heterocycles. The first-order valence-corrected chi connectivity index (χ1v) is 15.4. The number of rotatable bonds is 8. The van der Waals surface area contributed by atoms with Crippen LogP contribution in [0.1, 0.15) is 52.1 Å². The van der Waals surface area contributed by atoms with Crippen LogP contribution in [0.3, 0.4) is 0 Å². The van der Waals surface area contributed by atoms with Crippen molar-refractivity contribution in [2.75, 3.05) is 26.9 Å². The lowest BCUT2D eigenvalue weighted by Gasteiger charge is -2.33. The minimum atomic E-state index is -0.764. The van der Waals surface area contributed by atoms with Crippen LogP contribution in [0.25, 0.3) is 33.8 Å². The van der Waals surface area contributed by atoms with Crippen LogP contribution in [0.15, 0.2) is 49.1 Å². The number of nitrogens with one attached hydrogen (secondary N) is 1. The van der Waals surface area contributed by atoms with Gasteiger partial charge in [-0.1, -0.05) is 12.6 Å². The molecule has 11 heteroatoms. The largest absolute Gasteiger partial charge is 0.490 e. The molecule has 4 aromatic rings. The molecule has 0 radical (unpaired) electrons. The zero-order valence-corrected chi connectivity index (χ0v) is 25.7. The fourth-order valence-electron chi connectivity index (χ4n) is 6.91. The second kappa shape index (κ2) is 11.8. The minimum absolute atomic E-state index is 0.0571. The normalized spacial score (nSPS) is 16.6. The zero-order valence-electron chi connectivity index (χ0n) is 25.7. The van der Waals surface area contributed by atoms with Gasteiger partial charge in [0.2, 0.25) is 5.91 Å². The molecule has 1 aliphatic carbocycles. The van der Waals surface area contributed by atoms with Gasteiger partial charge in [0.15, 0.2) is 0 Å². The second-order valence-electron chi connectivity index (χ2n) is 11.7. The van der Waals surface area contributed by atoms with Gasteiger partial charge in [-0.05, 0) is 67.2 Å². The van der Waals surface area contributed by atoms with E-state index in [1.54, 1.807) is 4.90 Å². The molecule has 2 aliphatic heterocycles. The van der Waals surface area contributed by atoms with Gasteiger partial charge in [0.25, 0.3) is 5.91 Å². The van der Waals surface area contributed by atoms with Crippen molar-refractivity contribution in [1.82, 2.24) is 25.0 Å². The molecule has 0 saturated heterocycles. The van der Waals surface area contributed by atoms with Gasteiger partial charge < -0.3 is 19.7 Å². The lowest BCUT2D eigenvalue weighted by molar-refractivity contribution is -0.129. The number of ether oxygens (including phenoxy) is 2. The molecular weight excluding hydrogens is 592 g/mol. The number of pyridine rings is 1. The highest BCUT2D eigenvalue weighted by Gasteiger charge is 2.33. The summed E-state index contributed by atoms with van der Waals surface area (Å²) in [6, 6.07) is 9.35. The summed E-state index contributed by atoms with van der Waals surface area (Å²) >= 11 is 0. The molecule has 2 amide bonds. The molecule has 0 bridgehead atoms. The summed E-state index contributed by atoms with van der Waals surface area (Å²) < 4.78 is 43.6. The molecule has 1 atom stereocenters. The van der Waals surface area contributed by atoms with Crippen molar-refractivity contribution in [1.29, 1.82) is 0 Å². The minimum Gasteiger partial charge on any atom is -0.490 e. The molecule has 0 spiro atoms. The highest BCUT2D eigenvalue weighted by Crippen LogP contribution is 2.47. The first kappa shape index (κ1) is 29.8. The number of hydrogen-bond donors (Lipinski definition) is 1. The van der Waals surface area contributed by atoms with Crippen LogP contribution in [-0.4, -0.2) is 58.3 Å². The SMILES string of the molecule is C=CC(=O)N1CCn2nc(-c3nc(-c4ccc5c(c4)CNC5=O)c4c(c3-c3c(F)cc(F)cc3OCCOC)CCC4)cc2C1C. The third-order valence-electron chi connectivity index (χ3n) is 9.10. The maximum Gasteiger partial charge on any atom is 0.251 e. The van der Waals surface area contributed by atoms with E-state index in [0.29, 0.717) is 48.6 Å². The maximum atomic E-state index is 16.1. The third kappa shape index (κ3) is 4.95. The quantitative estimate of drug-likeness (QED) is 0.208. The highest BCUT2D eigenvalue weighted by molar-refractivity contribution is 5.99. The van der Waals surface area contributed by atoms with E-state index in [-0.39, 0.29) is 42.4 Å². The van der Waals surface area contributed by atoms with E-state index in [1.165, 1.54) is 19.3 Å². The van der Waals surface area contributed by atoms with Gasteiger partial charge in [-0.15, -0.1) is 0 Å². The van der Waals surface area contributed by atoms with Crippen LogP contribution in [0.5, 0.6) is 5.75 Å². The summed E-state index contributed by atoms with van der Waals surface area (Å²) in [6.07, 6.45) is 3.50. The predicted octanol–water partition coefficient (Wildman–Crippen LogP) is 5.40. The van der Waals surface area contributed by atoms with Crippen LogP contribution in [0.4, 0.5) is 8.78 Å². The number of carbonyl (C=O) groups excluding carboxylic acids is 2. The molecule has 1 unspecified atom stereocenters. The van der Waals surface area contributed by atoms with E-state index in [2.05, 4.69) is 11.9 Å². The molecule has 0 fully saturated rings. The maximum absolute atomic E-state index is 16.1. The Labute approximate surface area is 264 Å². The van der Waals surface area contributed by atoms with Crippen molar-refractivity contribution in [2.45, 2.75) is 45.3 Å². The van der Waals surface area contributed by atoms with E-state index in [4.69, 9.17) is 19.6 Å². The van der Waals surface area contributed by atoms with E-state index in [9.17, 15) is 14.0 Å². The average Bonchev–Trinajstić information content (AvgIpc) is 3.79. The van der Waals surface area contributed by atoms with E-state index >= 15 is 4.39 Å². The predicted molar refractivity (Wildman–Crippen MR) is 167 cm³/mol. The van der Waals surface area contributed by atoms with Gasteiger partial charge in [0.05, 0.1) is 41.8 Å². The summed E-state index contributed by atoms with van der Waals surface area (Å²) in [7, 11) is 1.53. The number of fused-ring (bicyclic) bond motifs is 3. The van der Waals surface area contributed by atoms with E-state index in [1.807, 2.05) is 35.9 Å². The van der Waals surface area contributed by atoms with Gasteiger partial charge in [0.1, 0.15) is 29.7 Å². The molecule has 3 aliphatic rings. The second-order valence-corrected chi connectivity index (χ2v) is 11.7. The number of aromatic nitrogens is 3. The number of hydrogen-bond acceptors (Lipinski definition) is 6. The smallest absolute Gasteiger partial charge is 0.251 e. The first-order valence-electron chi connectivity index (χ1n) is 15.4. The molecule has 46 heavy (non-hydrogen) atoms. The Kier molecular flexibility index (Phi) is 7.64. The first-order chi connectivity index (χ1) is 22.3. The van der Waals surface area contributed by atoms with Crippen molar-refractivity contribution in [3.8, 4) is 39.5 Å². The number of methoxy groups -OCH3 is 1. The topological polar surface area (TPSA) is 98.6 Å². The molecule has 236 valence electrons. The number of halogens is 2. The third-order valence-corrected chi connectivity index (χ3v) is 9.10. The summed E-state index contributed by atoms with van der Waals surface area (Å²) in [5.74, 6) is -1.74. The van der Waals surface area contributed by atoms with E-state index < -0.39 is 11.6 Å². The van der Waals surface area contributed by atoms with Gasteiger partial charge in [0, 0.05) is 49.0 Å². The monoisotopic (exact) mass is 625 g/mol. The lowest BCUT2D eigenvalue weighted by Crippen LogP contribution is -2.40. The summed E-state index contributed by atoms with van der Waals surface area (Å²) in [5, 5.41) is 7.80. The van der Waals surface area contributed by atoms with Crippen molar-refractivity contribution in [3.63, 3.8) is 0 Å². The van der Waals surface area contributed by atoms with Gasteiger partial charge in [-0.2, -0.15) is 5.10 Å². The number of benzene rings is 2. The van der Waals surface area contributed by atoms with Gasteiger partial charge >= 0.3 is 0 Å². The Hall–Kier alpha value is -4.90. The van der Waals surface area contributed by atoms with E-state index in [0.717, 1.165) is 52.5 Å². The van der Waals surface area contributed by atoms with Crippen LogP contribution in [0.2, 0.25) is 0 Å². The van der Waals surface area contributed by atoms with Crippen molar-refractivity contribution in [3.05, 3.63) is 88.6 Å². The summed E-state index contributed by atoms with van der Waals surface area (Å²) in [6.45, 7) is 7.27. The Morgan fingerprint density at radius 1 is 1.09 bits per heavy atom. The Morgan fingerprint density at radius 3 is 2.72 bits per heavy atom. The fraction of sp³-hybridized carbons (Fsp3) is 0.314. The fourth-order valence-corrected chi connectivity index (χ4v) is 6.91. The summed E-state index contributed by atoms with van der Waals surface area (Å²) in [4.78, 5) is 31.8. The highest BCUT2D eigenvalue weighted by atomic mass is 19.1. The van der Waals surface area contributed by atoms with Crippen molar-refractivity contribution < 1.29 is 27.8 Å². The molecule has 0 saturated carbocycles. The van der Waals surface area contributed by atoms with Crippen LogP contribution in [-0.2, 0) is 35.5 Å². The standard InChI is InChI=1S/C35H33F2N5O4/c1-4-30(43)41-10-11-42-28(19(41)2)17-27(40-42)34-31(32-26(37)15-22(36)16-29(32)46-13-12-45-3)24-6-5-7-25(24)33(39-34)20-8-9-23-21(14-20)18-38-35(23)44/h4,8-9,14-17,19H,1,5-7,10-13,18H2,2-3H3,(H,38,44). The average molecular weight is 626 g/mol. The Bertz CT molecular complexity index is 1920. The lowest BCUT2D eigenvalue weighted by atomic mass is 9.90.